The molecule has 162 valence electrons. The number of aryl methyl sites for hydroxylation is 1. The summed E-state index contributed by atoms with van der Waals surface area (Å²) in [5.41, 5.74) is -0.183. The molecule has 4 atom stereocenters. The van der Waals surface area contributed by atoms with Crippen molar-refractivity contribution >= 4 is 23.1 Å². The van der Waals surface area contributed by atoms with E-state index in [0.717, 1.165) is 12.8 Å². The number of unbranched alkanes of at least 4 members (excludes halogenated alkanes) is 2. The number of aliphatic hydroxyl groups excluding tert-OH is 1. The topological polar surface area (TPSA) is 83.8 Å². The zero-order valence-corrected chi connectivity index (χ0v) is 18.8. The van der Waals surface area contributed by atoms with Crippen molar-refractivity contribution < 1.29 is 24.5 Å². The Morgan fingerprint density at radius 2 is 2.17 bits per heavy atom. The fraction of sp³-hybridized carbons (Fsp3) is 0.652. The summed E-state index contributed by atoms with van der Waals surface area (Å²) in [5.74, 6) is -1.36. The molecule has 2 unspecified atom stereocenters. The molecule has 0 amide bonds. The first-order valence-corrected chi connectivity index (χ1v) is 11.4. The molecule has 1 aliphatic carbocycles. The molecule has 1 saturated carbocycles. The van der Waals surface area contributed by atoms with E-state index in [-0.39, 0.29) is 31.0 Å². The van der Waals surface area contributed by atoms with E-state index in [4.69, 9.17) is 4.74 Å². The number of rotatable bonds is 10. The zero-order valence-electron chi connectivity index (χ0n) is 17.9. The molecule has 1 heterocycles. The SMILES string of the molecule is CCCCC=C(C(=O)OC)C1C[C@H](O)C[C@@]1(O)C(=O)CCC(C)c1ccsc1C. The molecule has 1 fully saturated rings. The Morgan fingerprint density at radius 1 is 1.45 bits per heavy atom. The van der Waals surface area contributed by atoms with Gasteiger partial charge < -0.3 is 14.9 Å². The van der Waals surface area contributed by atoms with Crippen LogP contribution in [0.2, 0.25) is 0 Å². The Hall–Kier alpha value is -1.50. The Kier molecular flexibility index (Phi) is 8.61. The predicted molar refractivity (Wildman–Crippen MR) is 115 cm³/mol. The summed E-state index contributed by atoms with van der Waals surface area (Å²) in [7, 11) is 1.30. The highest BCUT2D eigenvalue weighted by Gasteiger charge is 2.53. The molecule has 1 aromatic heterocycles. The molecule has 0 bridgehead atoms. The van der Waals surface area contributed by atoms with Gasteiger partial charge in [-0.15, -0.1) is 11.3 Å². The molecular weight excluding hydrogens is 388 g/mol. The van der Waals surface area contributed by atoms with Gasteiger partial charge in [0.2, 0.25) is 0 Å². The van der Waals surface area contributed by atoms with Crippen LogP contribution in [-0.4, -0.2) is 40.8 Å². The third-order valence-corrected chi connectivity index (χ3v) is 6.93. The minimum atomic E-state index is -1.73. The number of ether oxygens (including phenoxy) is 1. The van der Waals surface area contributed by atoms with Crippen LogP contribution in [0.3, 0.4) is 0 Å². The molecule has 0 aromatic carbocycles. The first-order valence-electron chi connectivity index (χ1n) is 10.5. The molecule has 1 aliphatic rings. The summed E-state index contributed by atoms with van der Waals surface area (Å²) in [6.45, 7) is 6.21. The fourth-order valence-corrected chi connectivity index (χ4v) is 5.14. The van der Waals surface area contributed by atoms with Crippen LogP contribution in [0.5, 0.6) is 0 Å². The Labute approximate surface area is 177 Å². The average molecular weight is 423 g/mol. The summed E-state index contributed by atoms with van der Waals surface area (Å²) < 4.78 is 4.91. The standard InChI is InChI=1S/C23H34O5S/c1-5-6-7-8-19(22(26)28-4)20-13-17(24)14-23(20,27)21(25)10-9-15(2)18-11-12-29-16(18)3/h8,11-12,15,17,20,24,27H,5-7,9-10,13-14H2,1-4H3/t15?,17-,20?,23-/m0/s1. The maximum absolute atomic E-state index is 13.1. The highest BCUT2D eigenvalue weighted by atomic mass is 32.1. The summed E-state index contributed by atoms with van der Waals surface area (Å²) in [6.07, 6.45) is 4.48. The van der Waals surface area contributed by atoms with Crippen molar-refractivity contribution in [3.8, 4) is 0 Å². The van der Waals surface area contributed by atoms with E-state index in [2.05, 4.69) is 26.8 Å². The molecule has 5 nitrogen and oxygen atoms in total. The molecule has 0 aliphatic heterocycles. The summed E-state index contributed by atoms with van der Waals surface area (Å²) in [4.78, 5) is 26.7. The lowest BCUT2D eigenvalue weighted by atomic mass is 9.79. The van der Waals surface area contributed by atoms with Crippen LogP contribution < -0.4 is 0 Å². The third-order valence-electron chi connectivity index (χ3n) is 6.07. The number of allylic oxidation sites excluding steroid dienone is 1. The number of thiophene rings is 1. The van der Waals surface area contributed by atoms with Gasteiger partial charge in [-0.1, -0.05) is 32.8 Å². The molecule has 0 saturated heterocycles. The van der Waals surface area contributed by atoms with Crippen molar-refractivity contribution in [1.29, 1.82) is 0 Å². The maximum atomic E-state index is 13.1. The van der Waals surface area contributed by atoms with E-state index in [1.165, 1.54) is 17.6 Å². The molecule has 0 radical (unpaired) electrons. The van der Waals surface area contributed by atoms with Gasteiger partial charge in [-0.05, 0) is 49.1 Å². The van der Waals surface area contributed by atoms with Crippen molar-refractivity contribution in [3.63, 3.8) is 0 Å². The number of Topliss-reactive ketones (excluding diaryl/α,β-unsaturated/α-hetero) is 1. The van der Waals surface area contributed by atoms with E-state index >= 15 is 0 Å². The number of hydrogen-bond acceptors (Lipinski definition) is 6. The molecule has 2 N–H and O–H groups in total. The number of esters is 1. The second-order valence-corrected chi connectivity index (χ2v) is 9.28. The van der Waals surface area contributed by atoms with Crippen molar-refractivity contribution in [2.24, 2.45) is 5.92 Å². The van der Waals surface area contributed by atoms with Gasteiger partial charge in [-0.2, -0.15) is 0 Å². The van der Waals surface area contributed by atoms with Crippen LogP contribution in [0.4, 0.5) is 0 Å². The number of aliphatic hydroxyl groups is 2. The van der Waals surface area contributed by atoms with E-state index in [1.807, 2.05) is 5.38 Å². The van der Waals surface area contributed by atoms with Crippen LogP contribution in [0, 0.1) is 12.8 Å². The number of hydrogen-bond donors (Lipinski definition) is 2. The third kappa shape index (κ3) is 5.56. The van der Waals surface area contributed by atoms with E-state index in [9.17, 15) is 19.8 Å². The van der Waals surface area contributed by atoms with E-state index in [1.54, 1.807) is 17.4 Å². The summed E-state index contributed by atoms with van der Waals surface area (Å²) in [6, 6.07) is 2.08. The predicted octanol–water partition coefficient (Wildman–Crippen LogP) is 4.30. The first-order chi connectivity index (χ1) is 13.7. The lowest BCUT2D eigenvalue weighted by Gasteiger charge is -2.30. The number of ketones is 1. The summed E-state index contributed by atoms with van der Waals surface area (Å²) in [5, 5.41) is 23.6. The van der Waals surface area contributed by atoms with Crippen molar-refractivity contribution in [3.05, 3.63) is 33.5 Å². The van der Waals surface area contributed by atoms with Gasteiger partial charge in [0.1, 0.15) is 5.60 Å². The lowest BCUT2D eigenvalue weighted by Crippen LogP contribution is -2.44. The van der Waals surface area contributed by atoms with Gasteiger partial charge in [0.25, 0.3) is 0 Å². The van der Waals surface area contributed by atoms with Crippen LogP contribution >= 0.6 is 11.3 Å². The van der Waals surface area contributed by atoms with Gasteiger partial charge >= 0.3 is 5.97 Å². The molecule has 29 heavy (non-hydrogen) atoms. The second kappa shape index (κ2) is 10.5. The van der Waals surface area contributed by atoms with Crippen LogP contribution in [0.1, 0.15) is 75.2 Å². The first kappa shape index (κ1) is 23.8. The number of carbonyl (C=O) groups is 2. The smallest absolute Gasteiger partial charge is 0.333 e. The highest BCUT2D eigenvalue weighted by Crippen LogP contribution is 2.43. The van der Waals surface area contributed by atoms with Crippen molar-refractivity contribution in [2.45, 2.75) is 83.3 Å². The van der Waals surface area contributed by atoms with E-state index in [0.29, 0.717) is 18.4 Å². The largest absolute Gasteiger partial charge is 0.466 e. The normalized spacial score (nSPS) is 25.8. The second-order valence-electron chi connectivity index (χ2n) is 8.16. The molecule has 1 aromatic rings. The van der Waals surface area contributed by atoms with E-state index < -0.39 is 23.6 Å². The number of methoxy groups -OCH3 is 1. The minimum Gasteiger partial charge on any atom is -0.466 e. The van der Waals surface area contributed by atoms with Gasteiger partial charge in [0.15, 0.2) is 5.78 Å². The molecular formula is C23H34O5S. The van der Waals surface area contributed by atoms with Crippen molar-refractivity contribution in [1.82, 2.24) is 0 Å². The minimum absolute atomic E-state index is 0.0372. The molecule has 2 rings (SSSR count). The monoisotopic (exact) mass is 422 g/mol. The van der Waals surface area contributed by atoms with Crippen LogP contribution in [0.25, 0.3) is 0 Å². The van der Waals surface area contributed by atoms with Crippen LogP contribution in [0.15, 0.2) is 23.1 Å². The average Bonchev–Trinajstić information content (AvgIpc) is 3.25. The fourth-order valence-electron chi connectivity index (χ4n) is 4.32. The number of carbonyl (C=O) groups excluding carboxylic acids is 2. The van der Waals surface area contributed by atoms with Crippen LogP contribution in [-0.2, 0) is 14.3 Å². The van der Waals surface area contributed by atoms with Gasteiger partial charge in [0.05, 0.1) is 13.2 Å². The quantitative estimate of drug-likeness (QED) is 0.334. The lowest BCUT2D eigenvalue weighted by molar-refractivity contribution is -0.143. The Balaban J connectivity index is 2.18. The summed E-state index contributed by atoms with van der Waals surface area (Å²) >= 11 is 1.68. The Morgan fingerprint density at radius 3 is 2.76 bits per heavy atom. The van der Waals surface area contributed by atoms with Gasteiger partial charge in [0, 0.05) is 29.2 Å². The highest BCUT2D eigenvalue weighted by molar-refractivity contribution is 7.10. The van der Waals surface area contributed by atoms with Gasteiger partial charge in [-0.3, -0.25) is 4.79 Å². The molecule has 0 spiro atoms. The maximum Gasteiger partial charge on any atom is 0.333 e. The Bertz CT molecular complexity index is 737. The van der Waals surface area contributed by atoms with Crippen molar-refractivity contribution in [2.75, 3.05) is 7.11 Å². The zero-order chi connectivity index (χ0) is 21.6. The molecule has 6 heteroatoms. The van der Waals surface area contributed by atoms with Gasteiger partial charge in [-0.25, -0.2) is 4.79 Å².